The first-order valence-electron chi connectivity index (χ1n) is 11.5. The van der Waals surface area contributed by atoms with Crippen molar-refractivity contribution < 1.29 is 28.1 Å². The molecule has 3 atom stereocenters. The number of rotatable bonds is 8. The Kier molecular flexibility index (Phi) is 11.1. The van der Waals surface area contributed by atoms with E-state index in [1.807, 2.05) is 19.9 Å². The van der Waals surface area contributed by atoms with Crippen LogP contribution < -0.4 is 16.0 Å². The summed E-state index contributed by atoms with van der Waals surface area (Å²) < 4.78 is 23.5. The molecular weight excluding hydrogens is 484 g/mol. The summed E-state index contributed by atoms with van der Waals surface area (Å²) >= 11 is 0. The van der Waals surface area contributed by atoms with Gasteiger partial charge in [-0.05, 0) is 57.0 Å². The van der Waals surface area contributed by atoms with Crippen LogP contribution in [0.5, 0.6) is 0 Å². The maximum atomic E-state index is 13.1. The predicted molar refractivity (Wildman–Crippen MR) is 138 cm³/mol. The number of hydrogen-bond acceptors (Lipinski definition) is 7. The number of benzene rings is 2. The fourth-order valence-corrected chi connectivity index (χ4v) is 3.77. The Morgan fingerprint density at radius 3 is 1.94 bits per heavy atom. The number of nitrogens with zero attached hydrogens (tertiary/aromatic N) is 1. The van der Waals surface area contributed by atoms with Crippen molar-refractivity contribution in [1.82, 2.24) is 10.6 Å². The summed E-state index contributed by atoms with van der Waals surface area (Å²) in [6.07, 6.45) is -1.24. The molecule has 2 rings (SSSR count). The first kappa shape index (κ1) is 28.5. The smallest absolute Gasteiger partial charge is 0.414 e. The molecule has 0 fully saturated rings. The number of anilines is 1. The summed E-state index contributed by atoms with van der Waals surface area (Å²) in [4.78, 5) is 41.8. The molecule has 0 spiro atoms. The number of alkyl carbamates (subject to hydrolysis) is 2. The van der Waals surface area contributed by atoms with Gasteiger partial charge in [0, 0.05) is 16.7 Å². The minimum absolute atomic E-state index is 0.148. The number of carbonyl (C=O) groups excluding carboxylic acids is 3. The van der Waals surface area contributed by atoms with E-state index in [9.17, 15) is 18.6 Å². The molecule has 3 amide bonds. The zero-order valence-electron chi connectivity index (χ0n) is 21.0. The van der Waals surface area contributed by atoms with Crippen LogP contribution in [0, 0.1) is 0 Å². The lowest BCUT2D eigenvalue weighted by atomic mass is 10.2. The van der Waals surface area contributed by atoms with Gasteiger partial charge in [0.1, 0.15) is 12.2 Å². The van der Waals surface area contributed by atoms with Crippen LogP contribution in [0.2, 0.25) is 0 Å². The summed E-state index contributed by atoms with van der Waals surface area (Å²) in [7, 11) is -1.54. The lowest BCUT2D eigenvalue weighted by Crippen LogP contribution is -2.45. The van der Waals surface area contributed by atoms with Gasteiger partial charge in [-0.3, -0.25) is 15.4 Å². The van der Waals surface area contributed by atoms with E-state index < -0.39 is 23.0 Å². The normalized spacial score (nSPS) is 12.9. The minimum atomic E-state index is -1.54. The second-order valence-electron chi connectivity index (χ2n) is 7.90. The molecule has 0 aliphatic carbocycles. The molecule has 36 heavy (non-hydrogen) atoms. The minimum Gasteiger partial charge on any atom is -0.446 e. The SMILES string of the molecule is CCC(C)OC(=O)NC(=Nc1cc(S(=O)c2ccccc2)ccc1NC(C)=O)NC(=O)OC(C)CC. The topological polar surface area (TPSA) is 135 Å². The molecule has 0 aliphatic rings. The summed E-state index contributed by atoms with van der Waals surface area (Å²) in [6.45, 7) is 8.48. The molecule has 0 heterocycles. The maximum Gasteiger partial charge on any atom is 0.414 e. The Balaban J connectivity index is 2.48. The third-order valence-corrected chi connectivity index (χ3v) is 6.27. The Labute approximate surface area is 213 Å². The van der Waals surface area contributed by atoms with Gasteiger partial charge in [-0.2, -0.15) is 0 Å². The van der Waals surface area contributed by atoms with Gasteiger partial charge >= 0.3 is 12.2 Å². The molecule has 3 N–H and O–H groups in total. The average Bonchev–Trinajstić information content (AvgIpc) is 2.84. The van der Waals surface area contributed by atoms with Crippen LogP contribution in [0.15, 0.2) is 63.3 Å². The van der Waals surface area contributed by atoms with Gasteiger partial charge in [-0.15, -0.1) is 0 Å². The van der Waals surface area contributed by atoms with Crippen LogP contribution >= 0.6 is 0 Å². The molecule has 0 saturated carbocycles. The van der Waals surface area contributed by atoms with E-state index in [0.717, 1.165) is 0 Å². The fraction of sp³-hybridized carbons (Fsp3) is 0.360. The lowest BCUT2D eigenvalue weighted by molar-refractivity contribution is -0.114. The van der Waals surface area contributed by atoms with Gasteiger partial charge in [-0.1, -0.05) is 32.0 Å². The summed E-state index contributed by atoms with van der Waals surface area (Å²) in [5, 5.41) is 7.45. The Morgan fingerprint density at radius 2 is 1.44 bits per heavy atom. The molecule has 194 valence electrons. The number of ether oxygens (including phenoxy) is 2. The van der Waals surface area contributed by atoms with Crippen molar-refractivity contribution in [3.05, 3.63) is 48.5 Å². The van der Waals surface area contributed by atoms with E-state index in [0.29, 0.717) is 22.6 Å². The van der Waals surface area contributed by atoms with Gasteiger partial charge in [0.15, 0.2) is 0 Å². The quantitative estimate of drug-likeness (QED) is 0.339. The number of nitrogens with one attached hydrogen (secondary N) is 3. The van der Waals surface area contributed by atoms with Crippen LogP contribution in [0.3, 0.4) is 0 Å². The molecule has 10 nitrogen and oxygen atoms in total. The highest BCUT2D eigenvalue weighted by molar-refractivity contribution is 7.85. The van der Waals surface area contributed by atoms with E-state index >= 15 is 0 Å². The molecule has 0 saturated heterocycles. The van der Waals surface area contributed by atoms with E-state index in [2.05, 4.69) is 20.9 Å². The Hall–Kier alpha value is -3.73. The van der Waals surface area contributed by atoms with Crippen molar-refractivity contribution in [3.8, 4) is 0 Å². The summed E-state index contributed by atoms with van der Waals surface area (Å²) in [5.41, 5.74) is 0.428. The van der Waals surface area contributed by atoms with Crippen LogP contribution in [0.1, 0.15) is 47.5 Å². The highest BCUT2D eigenvalue weighted by Gasteiger charge is 2.18. The second-order valence-corrected chi connectivity index (χ2v) is 9.38. The van der Waals surface area contributed by atoms with Crippen LogP contribution in [-0.4, -0.2) is 40.5 Å². The summed E-state index contributed by atoms with van der Waals surface area (Å²) in [6, 6.07) is 13.5. The van der Waals surface area contributed by atoms with Crippen molar-refractivity contribution >= 4 is 46.2 Å². The van der Waals surface area contributed by atoms with Crippen molar-refractivity contribution in [3.63, 3.8) is 0 Å². The highest BCUT2D eigenvalue weighted by atomic mass is 32.2. The molecule has 0 aromatic heterocycles. The van der Waals surface area contributed by atoms with Crippen LogP contribution in [-0.2, 0) is 25.1 Å². The molecule has 3 unspecified atom stereocenters. The van der Waals surface area contributed by atoms with Crippen molar-refractivity contribution in [2.24, 2.45) is 4.99 Å². The largest absolute Gasteiger partial charge is 0.446 e. The number of amides is 3. The van der Waals surface area contributed by atoms with Gasteiger partial charge in [0.25, 0.3) is 0 Å². The van der Waals surface area contributed by atoms with Gasteiger partial charge in [-0.25, -0.2) is 18.8 Å². The molecule has 0 bridgehead atoms. The van der Waals surface area contributed by atoms with Gasteiger partial charge in [0.05, 0.1) is 22.2 Å². The third-order valence-electron chi connectivity index (χ3n) is 4.89. The Morgan fingerprint density at radius 1 is 0.889 bits per heavy atom. The second kappa shape index (κ2) is 14.0. The van der Waals surface area contributed by atoms with Gasteiger partial charge < -0.3 is 14.8 Å². The van der Waals surface area contributed by atoms with Crippen molar-refractivity contribution in [2.45, 2.75) is 69.5 Å². The zero-order valence-corrected chi connectivity index (χ0v) is 21.8. The van der Waals surface area contributed by atoms with E-state index in [-0.39, 0.29) is 35.4 Å². The number of guanidine groups is 1. The first-order chi connectivity index (χ1) is 17.1. The molecule has 11 heteroatoms. The average molecular weight is 517 g/mol. The number of hydrogen-bond donors (Lipinski definition) is 3. The van der Waals surface area contributed by atoms with Gasteiger partial charge in [0.2, 0.25) is 11.9 Å². The standard InChI is InChI=1S/C25H32N4O6S/c1-6-16(3)34-24(31)28-23(29-25(32)35-17(4)7-2)27-22-15-20(13-14-21(22)26-18(5)30)36(33)19-11-9-8-10-12-19/h8-17H,6-7H2,1-5H3,(H,26,30)(H2,27,28,29,31,32). The monoisotopic (exact) mass is 516 g/mol. The summed E-state index contributed by atoms with van der Waals surface area (Å²) in [5.74, 6) is -0.649. The first-order valence-corrected chi connectivity index (χ1v) is 12.7. The zero-order chi connectivity index (χ0) is 26.7. The number of aliphatic imine (C=N–C) groups is 1. The molecular formula is C25H32N4O6S. The van der Waals surface area contributed by atoms with E-state index in [1.165, 1.54) is 13.0 Å². The highest BCUT2D eigenvalue weighted by Crippen LogP contribution is 2.29. The fourth-order valence-electron chi connectivity index (χ4n) is 2.69. The third kappa shape index (κ3) is 9.14. The molecule has 2 aromatic rings. The number of carbonyl (C=O) groups is 3. The molecule has 0 radical (unpaired) electrons. The van der Waals surface area contributed by atoms with Crippen molar-refractivity contribution in [1.29, 1.82) is 0 Å². The predicted octanol–water partition coefficient (Wildman–Crippen LogP) is 4.85. The lowest BCUT2D eigenvalue weighted by Gasteiger charge is -2.16. The molecule has 0 aliphatic heterocycles. The van der Waals surface area contributed by atoms with Crippen LogP contribution in [0.4, 0.5) is 21.0 Å². The maximum absolute atomic E-state index is 13.1. The van der Waals surface area contributed by atoms with E-state index in [1.54, 1.807) is 50.2 Å². The van der Waals surface area contributed by atoms with Crippen molar-refractivity contribution in [2.75, 3.05) is 5.32 Å². The van der Waals surface area contributed by atoms with Crippen LogP contribution in [0.25, 0.3) is 0 Å². The Bertz CT molecular complexity index is 1090. The van der Waals surface area contributed by atoms with E-state index in [4.69, 9.17) is 9.47 Å². The molecule has 2 aromatic carbocycles.